The summed E-state index contributed by atoms with van der Waals surface area (Å²) >= 11 is 0. The first-order valence-electron chi connectivity index (χ1n) is 5.92. The Morgan fingerprint density at radius 3 is 2.72 bits per heavy atom. The van der Waals surface area contributed by atoms with E-state index in [2.05, 4.69) is 15.3 Å². The number of benzene rings is 1. The summed E-state index contributed by atoms with van der Waals surface area (Å²) in [7, 11) is 0. The highest BCUT2D eigenvalue weighted by Gasteiger charge is 2.07. The molecule has 18 heavy (non-hydrogen) atoms. The molecule has 0 bridgehead atoms. The number of rotatable bonds is 4. The molecule has 2 aromatic rings. The quantitative estimate of drug-likeness (QED) is 0.890. The maximum atomic E-state index is 11.9. The molecular formula is C14H15N3O. The van der Waals surface area contributed by atoms with E-state index in [1.807, 2.05) is 37.3 Å². The van der Waals surface area contributed by atoms with Crippen molar-refractivity contribution in [3.8, 4) is 0 Å². The third-order valence-corrected chi connectivity index (χ3v) is 2.61. The molecule has 0 radical (unpaired) electrons. The second-order valence-corrected chi connectivity index (χ2v) is 3.92. The highest BCUT2D eigenvalue weighted by Crippen LogP contribution is 2.01. The number of aromatic nitrogens is 2. The van der Waals surface area contributed by atoms with Crippen molar-refractivity contribution >= 4 is 5.91 Å². The minimum absolute atomic E-state index is 0.170. The molecule has 0 aliphatic heterocycles. The number of hydrogen-bond acceptors (Lipinski definition) is 3. The molecule has 4 heteroatoms. The molecule has 0 aliphatic rings. The third kappa shape index (κ3) is 3.13. The molecule has 0 spiro atoms. The van der Waals surface area contributed by atoms with Gasteiger partial charge in [0.1, 0.15) is 12.0 Å². The summed E-state index contributed by atoms with van der Waals surface area (Å²) in [5, 5.41) is 2.84. The fourth-order valence-electron chi connectivity index (χ4n) is 1.58. The summed E-state index contributed by atoms with van der Waals surface area (Å²) in [5.41, 5.74) is 2.35. The van der Waals surface area contributed by atoms with Crippen LogP contribution >= 0.6 is 0 Å². The first-order valence-corrected chi connectivity index (χ1v) is 5.92. The zero-order chi connectivity index (χ0) is 12.8. The van der Waals surface area contributed by atoms with Crippen molar-refractivity contribution in [3.63, 3.8) is 0 Å². The molecule has 0 unspecified atom stereocenters. The van der Waals surface area contributed by atoms with E-state index < -0.39 is 0 Å². The topological polar surface area (TPSA) is 54.9 Å². The summed E-state index contributed by atoms with van der Waals surface area (Å²) in [6.07, 6.45) is 2.22. The predicted molar refractivity (Wildman–Crippen MR) is 69.0 cm³/mol. The van der Waals surface area contributed by atoms with Crippen molar-refractivity contribution in [3.05, 3.63) is 59.7 Å². The monoisotopic (exact) mass is 241 g/mol. The van der Waals surface area contributed by atoms with Gasteiger partial charge in [-0.3, -0.25) is 4.79 Å². The molecule has 0 atom stereocenters. The summed E-state index contributed by atoms with van der Waals surface area (Å²) in [5.74, 6) is -0.170. The van der Waals surface area contributed by atoms with Crippen LogP contribution in [0, 0.1) is 0 Å². The van der Waals surface area contributed by atoms with E-state index in [4.69, 9.17) is 0 Å². The van der Waals surface area contributed by atoms with Crippen LogP contribution in [0.15, 0.2) is 42.7 Å². The Bertz CT molecular complexity index is 526. The number of nitrogens with one attached hydrogen (secondary N) is 1. The summed E-state index contributed by atoms with van der Waals surface area (Å²) in [6.45, 7) is 2.50. The van der Waals surface area contributed by atoms with Gasteiger partial charge in [0.25, 0.3) is 5.91 Å². The van der Waals surface area contributed by atoms with Gasteiger partial charge < -0.3 is 5.32 Å². The molecule has 92 valence electrons. The average molecular weight is 241 g/mol. The second kappa shape index (κ2) is 5.91. The zero-order valence-electron chi connectivity index (χ0n) is 10.3. The summed E-state index contributed by atoms with van der Waals surface area (Å²) < 4.78 is 0. The van der Waals surface area contributed by atoms with E-state index in [1.165, 1.54) is 6.33 Å². The highest BCUT2D eigenvalue weighted by molar-refractivity contribution is 5.92. The van der Waals surface area contributed by atoms with Gasteiger partial charge in [0.15, 0.2) is 0 Å². The molecule has 0 aliphatic carbocycles. The van der Waals surface area contributed by atoms with E-state index in [1.54, 1.807) is 6.07 Å². The fraction of sp³-hybridized carbons (Fsp3) is 0.214. The molecule has 1 heterocycles. The van der Waals surface area contributed by atoms with Crippen molar-refractivity contribution < 1.29 is 4.79 Å². The first kappa shape index (κ1) is 12.2. The van der Waals surface area contributed by atoms with Crippen molar-refractivity contribution in [2.24, 2.45) is 0 Å². The van der Waals surface area contributed by atoms with Gasteiger partial charge in [-0.2, -0.15) is 0 Å². The highest BCUT2D eigenvalue weighted by atomic mass is 16.1. The van der Waals surface area contributed by atoms with Crippen LogP contribution in [0.2, 0.25) is 0 Å². The summed E-state index contributed by atoms with van der Waals surface area (Å²) in [4.78, 5) is 19.9. The SMILES string of the molecule is CCc1cc(C(=O)NCc2ccccc2)ncn1. The molecule has 4 nitrogen and oxygen atoms in total. The van der Waals surface area contributed by atoms with Crippen molar-refractivity contribution in [2.75, 3.05) is 0 Å². The number of amides is 1. The molecule has 2 rings (SSSR count). The largest absolute Gasteiger partial charge is 0.347 e. The minimum Gasteiger partial charge on any atom is -0.347 e. The molecule has 1 aromatic carbocycles. The Morgan fingerprint density at radius 2 is 2.00 bits per heavy atom. The average Bonchev–Trinajstić information content (AvgIpc) is 2.46. The number of hydrogen-bond donors (Lipinski definition) is 1. The Kier molecular flexibility index (Phi) is 4.02. The molecule has 0 fully saturated rings. The van der Waals surface area contributed by atoms with E-state index >= 15 is 0 Å². The van der Waals surface area contributed by atoms with Crippen molar-refractivity contribution in [1.29, 1.82) is 0 Å². The number of carbonyl (C=O) groups excluding carboxylic acids is 1. The normalized spacial score (nSPS) is 10.1. The molecule has 1 amide bonds. The second-order valence-electron chi connectivity index (χ2n) is 3.92. The Hall–Kier alpha value is -2.23. The molecule has 0 saturated carbocycles. The van der Waals surface area contributed by atoms with Crippen molar-refractivity contribution in [1.82, 2.24) is 15.3 Å². The van der Waals surface area contributed by atoms with Gasteiger partial charge in [-0.1, -0.05) is 37.3 Å². The molecule has 1 aromatic heterocycles. The standard InChI is InChI=1S/C14H15N3O/c1-2-12-8-13(17-10-16-12)14(18)15-9-11-6-4-3-5-7-11/h3-8,10H,2,9H2,1H3,(H,15,18). The van der Waals surface area contributed by atoms with Gasteiger partial charge in [-0.05, 0) is 18.1 Å². The van der Waals surface area contributed by atoms with Crippen LogP contribution in [0.4, 0.5) is 0 Å². The van der Waals surface area contributed by atoms with E-state index in [0.717, 1.165) is 17.7 Å². The first-order chi connectivity index (χ1) is 8.79. The maximum Gasteiger partial charge on any atom is 0.270 e. The third-order valence-electron chi connectivity index (χ3n) is 2.61. The minimum atomic E-state index is -0.170. The maximum absolute atomic E-state index is 11.9. The molecule has 1 N–H and O–H groups in total. The Balaban J connectivity index is 1.99. The van der Waals surface area contributed by atoms with Gasteiger partial charge in [-0.15, -0.1) is 0 Å². The van der Waals surface area contributed by atoms with E-state index in [9.17, 15) is 4.79 Å². The fourth-order valence-corrected chi connectivity index (χ4v) is 1.58. The molecular weight excluding hydrogens is 226 g/mol. The summed E-state index contributed by atoms with van der Waals surface area (Å²) in [6, 6.07) is 11.5. The van der Waals surface area contributed by atoms with Crippen LogP contribution in [0.1, 0.15) is 28.7 Å². The van der Waals surface area contributed by atoms with Crippen LogP contribution in [-0.2, 0) is 13.0 Å². The van der Waals surface area contributed by atoms with Gasteiger partial charge in [-0.25, -0.2) is 9.97 Å². The van der Waals surface area contributed by atoms with Crippen molar-refractivity contribution in [2.45, 2.75) is 19.9 Å². The number of nitrogens with zero attached hydrogens (tertiary/aromatic N) is 2. The molecule has 0 saturated heterocycles. The van der Waals surface area contributed by atoms with Crippen LogP contribution in [0.5, 0.6) is 0 Å². The van der Waals surface area contributed by atoms with Crippen LogP contribution in [0.3, 0.4) is 0 Å². The lowest BCUT2D eigenvalue weighted by atomic mass is 10.2. The number of carbonyl (C=O) groups is 1. The van der Waals surface area contributed by atoms with Crippen LogP contribution < -0.4 is 5.32 Å². The van der Waals surface area contributed by atoms with E-state index in [0.29, 0.717) is 12.2 Å². The predicted octanol–water partition coefficient (Wildman–Crippen LogP) is 1.97. The lowest BCUT2D eigenvalue weighted by Gasteiger charge is -2.05. The van der Waals surface area contributed by atoms with Crippen LogP contribution in [0.25, 0.3) is 0 Å². The van der Waals surface area contributed by atoms with E-state index in [-0.39, 0.29) is 5.91 Å². The number of aryl methyl sites for hydroxylation is 1. The Labute approximate surface area is 106 Å². The lowest BCUT2D eigenvalue weighted by molar-refractivity contribution is 0.0945. The van der Waals surface area contributed by atoms with Gasteiger partial charge in [0.2, 0.25) is 0 Å². The zero-order valence-corrected chi connectivity index (χ0v) is 10.3. The lowest BCUT2D eigenvalue weighted by Crippen LogP contribution is -2.24. The van der Waals surface area contributed by atoms with Gasteiger partial charge in [0, 0.05) is 12.2 Å². The van der Waals surface area contributed by atoms with Gasteiger partial charge >= 0.3 is 0 Å². The Morgan fingerprint density at radius 1 is 1.22 bits per heavy atom. The smallest absolute Gasteiger partial charge is 0.270 e. The van der Waals surface area contributed by atoms with Gasteiger partial charge in [0.05, 0.1) is 0 Å². The van der Waals surface area contributed by atoms with Crippen LogP contribution in [-0.4, -0.2) is 15.9 Å².